The Morgan fingerprint density at radius 3 is 1.67 bits per heavy atom. The topological polar surface area (TPSA) is 12.0 Å². The molecule has 65 valence electrons. The van der Waals surface area contributed by atoms with Gasteiger partial charge in [0.1, 0.15) is 10.4 Å². The molecule has 12 heavy (non-hydrogen) atoms. The molecule has 0 aromatic rings. The standard InChI is InChI=1S/C10H16NSi/c12-11-10-4-7-1-8(5-10)3-9(2-7)6-10/h7-9,11H,1-6H2. The molecule has 0 spiro atoms. The Balaban J connectivity index is 1.90. The Kier molecular flexibility index (Phi) is 1.48. The molecule has 4 aliphatic carbocycles. The van der Waals surface area contributed by atoms with Crippen LogP contribution in [-0.2, 0) is 0 Å². The number of rotatable bonds is 1. The molecule has 4 bridgehead atoms. The molecule has 4 rings (SSSR count). The second kappa shape index (κ2) is 2.35. The molecule has 1 nitrogen and oxygen atoms in total. The van der Waals surface area contributed by atoms with Crippen molar-refractivity contribution in [2.24, 2.45) is 17.8 Å². The summed E-state index contributed by atoms with van der Waals surface area (Å²) in [5, 5.41) is 0. The van der Waals surface area contributed by atoms with Crippen molar-refractivity contribution in [1.82, 2.24) is 4.98 Å². The van der Waals surface area contributed by atoms with Gasteiger partial charge in [-0.25, -0.2) is 0 Å². The SMILES string of the molecule is [Si]NC12CC3CC(CC(C3)C1)C2. The molecule has 1 N–H and O–H groups in total. The minimum Gasteiger partial charge on any atom is -0.335 e. The number of nitrogens with one attached hydrogen (secondary N) is 1. The summed E-state index contributed by atoms with van der Waals surface area (Å²) in [5.74, 6) is 3.17. The third-order valence-corrected chi connectivity index (χ3v) is 4.83. The van der Waals surface area contributed by atoms with E-state index < -0.39 is 0 Å². The van der Waals surface area contributed by atoms with Crippen LogP contribution in [0.2, 0.25) is 0 Å². The smallest absolute Gasteiger partial charge is 0.140 e. The van der Waals surface area contributed by atoms with E-state index in [2.05, 4.69) is 15.4 Å². The van der Waals surface area contributed by atoms with Gasteiger partial charge < -0.3 is 4.98 Å². The first kappa shape index (κ1) is 7.57. The highest BCUT2D eigenvalue weighted by molar-refractivity contribution is 6.04. The zero-order valence-electron chi connectivity index (χ0n) is 7.47. The molecular formula is C10H16NSi. The molecule has 0 amide bonds. The maximum absolute atomic E-state index is 3.54. The van der Waals surface area contributed by atoms with E-state index in [0.717, 1.165) is 17.8 Å². The summed E-state index contributed by atoms with van der Waals surface area (Å²) in [6, 6.07) is 0. The average molecular weight is 178 g/mol. The molecule has 0 aromatic carbocycles. The highest BCUT2D eigenvalue weighted by atomic mass is 28.2. The van der Waals surface area contributed by atoms with Crippen molar-refractivity contribution in [2.45, 2.75) is 44.1 Å². The Morgan fingerprint density at radius 2 is 1.33 bits per heavy atom. The summed E-state index contributed by atoms with van der Waals surface area (Å²) in [4.78, 5) is 3.42. The molecule has 4 aliphatic rings. The fourth-order valence-corrected chi connectivity index (χ4v) is 4.57. The van der Waals surface area contributed by atoms with Gasteiger partial charge in [-0.1, -0.05) is 0 Å². The van der Waals surface area contributed by atoms with E-state index >= 15 is 0 Å². The highest BCUT2D eigenvalue weighted by Gasteiger charge is 2.49. The molecule has 0 unspecified atom stereocenters. The summed E-state index contributed by atoms with van der Waals surface area (Å²) >= 11 is 0. The van der Waals surface area contributed by atoms with Gasteiger partial charge in [-0.05, 0) is 56.3 Å². The summed E-state index contributed by atoms with van der Waals surface area (Å²) < 4.78 is 0. The van der Waals surface area contributed by atoms with Gasteiger partial charge in [0.15, 0.2) is 0 Å². The number of hydrogen-bond donors (Lipinski definition) is 1. The summed E-state index contributed by atoms with van der Waals surface area (Å²) in [5.41, 5.74) is 0.506. The minimum absolute atomic E-state index is 0.506. The van der Waals surface area contributed by atoms with E-state index in [9.17, 15) is 0 Å². The van der Waals surface area contributed by atoms with Gasteiger partial charge in [0, 0.05) is 5.54 Å². The van der Waals surface area contributed by atoms with E-state index in [0.29, 0.717) is 5.54 Å². The molecule has 4 fully saturated rings. The van der Waals surface area contributed by atoms with Crippen molar-refractivity contribution >= 4 is 10.4 Å². The van der Waals surface area contributed by atoms with Crippen LogP contribution in [-0.4, -0.2) is 15.9 Å². The van der Waals surface area contributed by atoms with Gasteiger partial charge in [-0.3, -0.25) is 0 Å². The summed E-state index contributed by atoms with van der Waals surface area (Å²) in [7, 11) is 3.54. The Bertz CT molecular complexity index is 167. The molecule has 0 heterocycles. The van der Waals surface area contributed by atoms with Gasteiger partial charge in [-0.2, -0.15) is 0 Å². The second-order valence-corrected chi connectivity index (χ2v) is 5.57. The summed E-state index contributed by atoms with van der Waals surface area (Å²) in [6.45, 7) is 0. The summed E-state index contributed by atoms with van der Waals surface area (Å²) in [6.07, 6.45) is 8.90. The zero-order chi connectivity index (χ0) is 8.18. The quantitative estimate of drug-likeness (QED) is 0.602. The third-order valence-electron chi connectivity index (χ3n) is 4.30. The van der Waals surface area contributed by atoms with Crippen LogP contribution in [0.15, 0.2) is 0 Å². The van der Waals surface area contributed by atoms with Crippen LogP contribution in [0.25, 0.3) is 0 Å². The lowest BCUT2D eigenvalue weighted by Crippen LogP contribution is -2.57. The van der Waals surface area contributed by atoms with E-state index in [-0.39, 0.29) is 0 Å². The Labute approximate surface area is 77.8 Å². The van der Waals surface area contributed by atoms with Crippen LogP contribution in [0.3, 0.4) is 0 Å². The first-order valence-corrected chi connectivity index (χ1v) is 5.73. The lowest BCUT2D eigenvalue weighted by atomic mass is 9.53. The van der Waals surface area contributed by atoms with Crippen molar-refractivity contribution in [3.8, 4) is 0 Å². The van der Waals surface area contributed by atoms with Crippen molar-refractivity contribution in [3.63, 3.8) is 0 Å². The minimum atomic E-state index is 0.506. The second-order valence-electron chi connectivity index (χ2n) is 5.32. The molecule has 4 saturated carbocycles. The Hall–Kier alpha value is 0.177. The Morgan fingerprint density at radius 1 is 0.917 bits per heavy atom. The third kappa shape index (κ3) is 0.941. The molecule has 0 aliphatic heterocycles. The van der Waals surface area contributed by atoms with Gasteiger partial charge >= 0.3 is 0 Å². The first-order valence-electron chi connectivity index (χ1n) is 5.23. The number of hydrogen-bond acceptors (Lipinski definition) is 1. The molecule has 3 radical (unpaired) electrons. The highest BCUT2D eigenvalue weighted by Crippen LogP contribution is 2.55. The van der Waals surface area contributed by atoms with Gasteiger partial charge in [0.2, 0.25) is 0 Å². The zero-order valence-corrected chi connectivity index (χ0v) is 8.47. The predicted molar refractivity (Wildman–Crippen MR) is 49.8 cm³/mol. The predicted octanol–water partition coefficient (Wildman–Crippen LogP) is 1.63. The van der Waals surface area contributed by atoms with Crippen LogP contribution in [0.5, 0.6) is 0 Å². The molecule has 2 heteroatoms. The van der Waals surface area contributed by atoms with Gasteiger partial charge in [0.05, 0.1) is 0 Å². The van der Waals surface area contributed by atoms with E-state index in [1.165, 1.54) is 38.5 Å². The maximum atomic E-state index is 3.54. The van der Waals surface area contributed by atoms with Crippen LogP contribution < -0.4 is 4.98 Å². The van der Waals surface area contributed by atoms with Crippen molar-refractivity contribution in [1.29, 1.82) is 0 Å². The normalized spacial score (nSPS) is 56.2. The van der Waals surface area contributed by atoms with Crippen LogP contribution in [0.4, 0.5) is 0 Å². The van der Waals surface area contributed by atoms with Crippen LogP contribution in [0.1, 0.15) is 38.5 Å². The van der Waals surface area contributed by atoms with Crippen LogP contribution >= 0.6 is 0 Å². The largest absolute Gasteiger partial charge is 0.335 e. The van der Waals surface area contributed by atoms with E-state index in [1.54, 1.807) is 0 Å². The molecule has 0 aromatic heterocycles. The average Bonchev–Trinajstić information content (AvgIpc) is 2.02. The molecular weight excluding hydrogens is 162 g/mol. The first-order chi connectivity index (χ1) is 5.80. The van der Waals surface area contributed by atoms with Crippen molar-refractivity contribution in [3.05, 3.63) is 0 Å². The molecule has 0 saturated heterocycles. The fourth-order valence-electron chi connectivity index (χ4n) is 4.26. The van der Waals surface area contributed by atoms with Crippen molar-refractivity contribution < 1.29 is 0 Å². The lowest BCUT2D eigenvalue weighted by molar-refractivity contribution is -0.00805. The van der Waals surface area contributed by atoms with Crippen molar-refractivity contribution in [2.75, 3.05) is 0 Å². The van der Waals surface area contributed by atoms with E-state index in [1.807, 2.05) is 0 Å². The van der Waals surface area contributed by atoms with Crippen LogP contribution in [0, 0.1) is 17.8 Å². The van der Waals surface area contributed by atoms with Gasteiger partial charge in [-0.15, -0.1) is 0 Å². The maximum Gasteiger partial charge on any atom is 0.140 e. The van der Waals surface area contributed by atoms with Gasteiger partial charge in [0.25, 0.3) is 0 Å². The molecule has 0 atom stereocenters. The monoisotopic (exact) mass is 178 g/mol. The fraction of sp³-hybridized carbons (Fsp3) is 1.00. The van der Waals surface area contributed by atoms with E-state index in [4.69, 9.17) is 0 Å². The lowest BCUT2D eigenvalue weighted by Gasteiger charge is -2.56.